The molecule has 0 aliphatic rings. The minimum absolute atomic E-state index is 0.0287. The summed E-state index contributed by atoms with van der Waals surface area (Å²) in [5.74, 6) is 0.466. The molecule has 0 fully saturated rings. The highest BCUT2D eigenvalue weighted by Crippen LogP contribution is 2.16. The summed E-state index contributed by atoms with van der Waals surface area (Å²) in [5.41, 5.74) is 0.149. The van der Waals surface area contributed by atoms with Gasteiger partial charge in [0.25, 0.3) is 0 Å². The fourth-order valence-electron chi connectivity index (χ4n) is 1.16. The van der Waals surface area contributed by atoms with E-state index in [4.69, 9.17) is 11.6 Å². The van der Waals surface area contributed by atoms with Gasteiger partial charge in [0, 0.05) is 6.54 Å². The van der Waals surface area contributed by atoms with Crippen LogP contribution in [0.4, 0.5) is 5.82 Å². The molecule has 1 aromatic heterocycles. The van der Waals surface area contributed by atoms with Crippen LogP contribution in [0.25, 0.3) is 0 Å². The highest BCUT2D eigenvalue weighted by Gasteiger charge is 2.10. The van der Waals surface area contributed by atoms with Crippen LogP contribution >= 0.6 is 11.6 Å². The third-order valence-corrected chi connectivity index (χ3v) is 2.38. The first-order valence-electron chi connectivity index (χ1n) is 5.50. The van der Waals surface area contributed by atoms with E-state index in [1.54, 1.807) is 0 Å². The molecule has 0 unspecified atom stereocenters. The Bertz CT molecular complexity index is 437. The summed E-state index contributed by atoms with van der Waals surface area (Å²) in [6.07, 6.45) is 1.78. The quantitative estimate of drug-likeness (QED) is 0.598. The van der Waals surface area contributed by atoms with Gasteiger partial charge in [-0.1, -0.05) is 25.4 Å². The number of carbonyl (C=O) groups excluding carboxylic acids is 2. The van der Waals surface area contributed by atoms with Crippen molar-refractivity contribution < 1.29 is 9.59 Å². The number of halogens is 1. The molecule has 0 radical (unpaired) electrons. The summed E-state index contributed by atoms with van der Waals surface area (Å²) >= 11 is 5.72. The number of nitrogens with one attached hydrogen (secondary N) is 2. The summed E-state index contributed by atoms with van der Waals surface area (Å²) in [4.78, 5) is 29.8. The Labute approximate surface area is 110 Å². The van der Waals surface area contributed by atoms with Crippen LogP contribution in [0.3, 0.4) is 0 Å². The zero-order valence-electron chi connectivity index (χ0n) is 10.2. The van der Waals surface area contributed by atoms with Gasteiger partial charge < -0.3 is 10.6 Å². The molecule has 18 heavy (non-hydrogen) atoms. The number of hydrogen-bond donors (Lipinski definition) is 2. The minimum atomic E-state index is -0.171. The molecule has 0 aliphatic carbocycles. The third-order valence-electron chi connectivity index (χ3n) is 2.08. The number of aromatic nitrogens is 2. The van der Waals surface area contributed by atoms with E-state index in [0.29, 0.717) is 18.7 Å². The molecule has 6 nitrogen and oxygen atoms in total. The second-order valence-electron chi connectivity index (χ2n) is 4.10. The van der Waals surface area contributed by atoms with Gasteiger partial charge in [0.15, 0.2) is 6.29 Å². The lowest BCUT2D eigenvalue weighted by Crippen LogP contribution is -2.32. The van der Waals surface area contributed by atoms with Crippen molar-refractivity contribution in [1.29, 1.82) is 0 Å². The van der Waals surface area contributed by atoms with Crippen LogP contribution in [0.5, 0.6) is 0 Å². The third kappa shape index (κ3) is 4.29. The Morgan fingerprint density at radius 3 is 2.83 bits per heavy atom. The van der Waals surface area contributed by atoms with Crippen LogP contribution < -0.4 is 10.6 Å². The highest BCUT2D eigenvalue weighted by molar-refractivity contribution is 6.32. The lowest BCUT2D eigenvalue weighted by molar-refractivity contribution is -0.119. The summed E-state index contributed by atoms with van der Waals surface area (Å²) in [7, 11) is 0. The number of aldehydes is 1. The first-order valence-corrected chi connectivity index (χ1v) is 5.88. The van der Waals surface area contributed by atoms with Crippen molar-refractivity contribution in [2.45, 2.75) is 13.8 Å². The van der Waals surface area contributed by atoms with Gasteiger partial charge in [0.05, 0.1) is 12.1 Å². The molecule has 1 aromatic rings. The molecule has 0 bridgehead atoms. The Hall–Kier alpha value is -1.69. The minimum Gasteiger partial charge on any atom is -0.360 e. The standard InChI is InChI=1S/C11H15ClN4O2/c1-7(2)3-13-9(18)4-14-11-8(5-17)10(12)15-6-16-11/h5-7H,3-4H2,1-2H3,(H,13,18)(H,14,15,16). The van der Waals surface area contributed by atoms with Crippen molar-refractivity contribution in [3.05, 3.63) is 17.0 Å². The molecule has 2 N–H and O–H groups in total. The second kappa shape index (κ2) is 6.90. The number of nitrogens with zero attached hydrogens (tertiary/aromatic N) is 2. The van der Waals surface area contributed by atoms with E-state index in [0.717, 1.165) is 0 Å². The van der Waals surface area contributed by atoms with Gasteiger partial charge in [0.1, 0.15) is 17.3 Å². The SMILES string of the molecule is CC(C)CNC(=O)CNc1ncnc(Cl)c1C=O. The molecule has 0 spiro atoms. The van der Waals surface area contributed by atoms with Crippen molar-refractivity contribution in [2.24, 2.45) is 5.92 Å². The smallest absolute Gasteiger partial charge is 0.239 e. The van der Waals surface area contributed by atoms with E-state index in [1.165, 1.54) is 6.33 Å². The van der Waals surface area contributed by atoms with Crippen LogP contribution in [0.15, 0.2) is 6.33 Å². The van der Waals surface area contributed by atoms with E-state index < -0.39 is 0 Å². The molecular formula is C11H15ClN4O2. The Morgan fingerprint density at radius 1 is 1.50 bits per heavy atom. The average molecular weight is 271 g/mol. The van der Waals surface area contributed by atoms with E-state index in [1.807, 2.05) is 13.8 Å². The van der Waals surface area contributed by atoms with Gasteiger partial charge in [-0.15, -0.1) is 0 Å². The van der Waals surface area contributed by atoms with Gasteiger partial charge in [-0.05, 0) is 5.92 Å². The van der Waals surface area contributed by atoms with Gasteiger partial charge in [-0.3, -0.25) is 9.59 Å². The van der Waals surface area contributed by atoms with Crippen molar-refractivity contribution in [1.82, 2.24) is 15.3 Å². The van der Waals surface area contributed by atoms with Crippen molar-refractivity contribution in [3.63, 3.8) is 0 Å². The zero-order valence-corrected chi connectivity index (χ0v) is 11.0. The lowest BCUT2D eigenvalue weighted by Gasteiger charge is -2.10. The monoisotopic (exact) mass is 270 g/mol. The fourth-order valence-corrected chi connectivity index (χ4v) is 1.34. The van der Waals surface area contributed by atoms with Gasteiger partial charge in [0.2, 0.25) is 5.91 Å². The molecule has 0 aromatic carbocycles. The number of amides is 1. The Balaban J connectivity index is 2.56. The first-order chi connectivity index (χ1) is 8.54. The zero-order chi connectivity index (χ0) is 13.5. The summed E-state index contributed by atoms with van der Waals surface area (Å²) in [5, 5.41) is 5.55. The predicted octanol–water partition coefficient (Wildman–Crippen LogP) is 1.13. The van der Waals surface area contributed by atoms with Gasteiger partial charge >= 0.3 is 0 Å². The van der Waals surface area contributed by atoms with E-state index in [9.17, 15) is 9.59 Å². The number of anilines is 1. The maximum absolute atomic E-state index is 11.5. The predicted molar refractivity (Wildman–Crippen MR) is 68.8 cm³/mol. The topological polar surface area (TPSA) is 84.0 Å². The molecular weight excluding hydrogens is 256 g/mol. The van der Waals surface area contributed by atoms with Crippen LogP contribution in [-0.2, 0) is 4.79 Å². The molecule has 0 aliphatic heterocycles. The maximum atomic E-state index is 11.5. The number of rotatable bonds is 6. The summed E-state index contributed by atoms with van der Waals surface area (Å²) in [6.45, 7) is 4.64. The van der Waals surface area contributed by atoms with Crippen LogP contribution in [0.1, 0.15) is 24.2 Å². The van der Waals surface area contributed by atoms with Crippen molar-refractivity contribution in [3.8, 4) is 0 Å². The van der Waals surface area contributed by atoms with E-state index in [2.05, 4.69) is 20.6 Å². The molecule has 98 valence electrons. The molecule has 0 atom stereocenters. The van der Waals surface area contributed by atoms with Crippen LogP contribution in [0.2, 0.25) is 5.15 Å². The van der Waals surface area contributed by atoms with Crippen LogP contribution in [-0.4, -0.2) is 35.3 Å². The van der Waals surface area contributed by atoms with Crippen molar-refractivity contribution in [2.75, 3.05) is 18.4 Å². The maximum Gasteiger partial charge on any atom is 0.239 e. The van der Waals surface area contributed by atoms with E-state index >= 15 is 0 Å². The Morgan fingerprint density at radius 2 is 2.22 bits per heavy atom. The highest BCUT2D eigenvalue weighted by atomic mass is 35.5. The van der Waals surface area contributed by atoms with Crippen LogP contribution in [0, 0.1) is 5.92 Å². The first kappa shape index (κ1) is 14.4. The van der Waals surface area contributed by atoms with E-state index in [-0.39, 0.29) is 29.0 Å². The van der Waals surface area contributed by atoms with Gasteiger partial charge in [-0.2, -0.15) is 0 Å². The van der Waals surface area contributed by atoms with Gasteiger partial charge in [-0.25, -0.2) is 9.97 Å². The molecule has 0 saturated heterocycles. The second-order valence-corrected chi connectivity index (χ2v) is 4.45. The normalized spacial score (nSPS) is 10.2. The molecule has 1 heterocycles. The largest absolute Gasteiger partial charge is 0.360 e. The number of hydrogen-bond acceptors (Lipinski definition) is 5. The number of carbonyl (C=O) groups is 2. The molecule has 0 saturated carbocycles. The molecule has 1 amide bonds. The molecule has 7 heteroatoms. The average Bonchev–Trinajstić information content (AvgIpc) is 2.33. The molecule has 1 rings (SSSR count). The van der Waals surface area contributed by atoms with Crippen molar-refractivity contribution >= 4 is 29.6 Å². The fraction of sp³-hybridized carbons (Fsp3) is 0.455. The summed E-state index contributed by atoms with van der Waals surface area (Å²) < 4.78 is 0. The lowest BCUT2D eigenvalue weighted by atomic mass is 10.2. The Kier molecular flexibility index (Phi) is 5.51. The summed E-state index contributed by atoms with van der Waals surface area (Å²) in [6, 6.07) is 0.